The van der Waals surface area contributed by atoms with Gasteiger partial charge in [0.15, 0.2) is 5.65 Å². The fourth-order valence-electron chi connectivity index (χ4n) is 5.13. The molecule has 0 spiro atoms. The molecule has 2 aliphatic heterocycles. The number of carbonyl (C=O) groups is 1. The van der Waals surface area contributed by atoms with Crippen molar-refractivity contribution in [2.24, 2.45) is 11.8 Å². The van der Waals surface area contributed by atoms with Crippen molar-refractivity contribution in [2.75, 3.05) is 31.1 Å². The summed E-state index contributed by atoms with van der Waals surface area (Å²) in [7, 11) is 0. The zero-order valence-corrected chi connectivity index (χ0v) is 17.9. The summed E-state index contributed by atoms with van der Waals surface area (Å²) in [5.41, 5.74) is 1.34. The number of hydrogen-bond acceptors (Lipinski definition) is 6. The summed E-state index contributed by atoms with van der Waals surface area (Å²) in [6.07, 6.45) is 10.9. The largest absolute Gasteiger partial charge is 0.342 e. The van der Waals surface area contributed by atoms with Gasteiger partial charge in [-0.25, -0.2) is 9.97 Å². The second-order valence-electron chi connectivity index (χ2n) is 9.33. The standard InChI is InChI=1S/C22H28N8O/c1-15-5-12-29(14-16(15)19(31)28-9-2-3-10-28)21-23-13-17-18(27-21)26-20(25-17)22(6-7-22)30-11-4-8-24-30/h4,8,11,13,15-16H,2-3,5-7,9-10,12,14H2,1H3,(H,23,25,26,27). The molecule has 2 atom stereocenters. The number of amides is 1. The first kappa shape index (κ1) is 18.8. The van der Waals surface area contributed by atoms with E-state index in [2.05, 4.69) is 26.9 Å². The average molecular weight is 421 g/mol. The van der Waals surface area contributed by atoms with E-state index in [4.69, 9.17) is 9.97 Å². The van der Waals surface area contributed by atoms with Crippen molar-refractivity contribution in [3.8, 4) is 0 Å². The molecule has 6 rings (SSSR count). The molecular weight excluding hydrogens is 392 g/mol. The second kappa shape index (κ2) is 7.03. The number of aromatic amines is 1. The predicted molar refractivity (Wildman–Crippen MR) is 116 cm³/mol. The van der Waals surface area contributed by atoms with Crippen molar-refractivity contribution in [3.05, 3.63) is 30.5 Å². The Labute approximate surface area is 180 Å². The summed E-state index contributed by atoms with van der Waals surface area (Å²) in [4.78, 5) is 34.9. The van der Waals surface area contributed by atoms with Crippen LogP contribution in [-0.2, 0) is 10.3 Å². The summed E-state index contributed by atoms with van der Waals surface area (Å²) >= 11 is 0. The van der Waals surface area contributed by atoms with Crippen LogP contribution in [0.4, 0.5) is 5.95 Å². The molecule has 31 heavy (non-hydrogen) atoms. The maximum absolute atomic E-state index is 13.1. The third kappa shape index (κ3) is 3.09. The molecule has 0 aromatic carbocycles. The van der Waals surface area contributed by atoms with Gasteiger partial charge in [-0.3, -0.25) is 9.48 Å². The number of aromatic nitrogens is 6. The Hall–Kier alpha value is -2.97. The quantitative estimate of drug-likeness (QED) is 0.695. The van der Waals surface area contributed by atoms with E-state index in [-0.39, 0.29) is 11.5 Å². The number of likely N-dealkylation sites (tertiary alicyclic amines) is 1. The van der Waals surface area contributed by atoms with Gasteiger partial charge in [0.05, 0.1) is 12.1 Å². The lowest BCUT2D eigenvalue weighted by Crippen LogP contribution is -2.48. The molecule has 1 N–H and O–H groups in total. The number of nitrogens with one attached hydrogen (secondary N) is 1. The molecular formula is C22H28N8O. The molecule has 0 bridgehead atoms. The lowest BCUT2D eigenvalue weighted by molar-refractivity contribution is -0.136. The lowest BCUT2D eigenvalue weighted by Gasteiger charge is -2.37. The summed E-state index contributed by atoms with van der Waals surface area (Å²) in [5.74, 6) is 2.25. The Morgan fingerprint density at radius 2 is 2.03 bits per heavy atom. The topological polar surface area (TPSA) is 95.8 Å². The molecule has 1 aliphatic carbocycles. The van der Waals surface area contributed by atoms with Crippen molar-refractivity contribution in [2.45, 2.75) is 44.6 Å². The number of imidazole rings is 1. The predicted octanol–water partition coefficient (Wildman–Crippen LogP) is 2.17. The summed E-state index contributed by atoms with van der Waals surface area (Å²) < 4.78 is 1.99. The first-order valence-electron chi connectivity index (χ1n) is 11.4. The van der Waals surface area contributed by atoms with Gasteiger partial charge in [0.1, 0.15) is 16.9 Å². The van der Waals surface area contributed by atoms with E-state index in [0.717, 1.165) is 63.1 Å². The number of rotatable bonds is 4. The van der Waals surface area contributed by atoms with E-state index < -0.39 is 0 Å². The van der Waals surface area contributed by atoms with E-state index in [1.807, 2.05) is 28.0 Å². The fraction of sp³-hybridized carbons (Fsp3) is 0.591. The van der Waals surface area contributed by atoms with Crippen LogP contribution >= 0.6 is 0 Å². The number of fused-ring (bicyclic) bond motifs is 1. The molecule has 3 aromatic rings. The highest BCUT2D eigenvalue weighted by Crippen LogP contribution is 2.47. The SMILES string of the molecule is CC1CCN(c2ncc3[nH]c(C4(n5cccn5)CC4)nc3n2)CC1C(=O)N1CCCC1. The van der Waals surface area contributed by atoms with E-state index >= 15 is 0 Å². The molecule has 3 aromatic heterocycles. The zero-order valence-electron chi connectivity index (χ0n) is 17.9. The molecule has 0 radical (unpaired) electrons. The van der Waals surface area contributed by atoms with Gasteiger partial charge in [-0.1, -0.05) is 6.92 Å². The van der Waals surface area contributed by atoms with Crippen molar-refractivity contribution >= 4 is 23.0 Å². The maximum Gasteiger partial charge on any atom is 0.227 e. The van der Waals surface area contributed by atoms with Gasteiger partial charge in [0, 0.05) is 38.6 Å². The highest BCUT2D eigenvalue weighted by Gasteiger charge is 2.50. The smallest absolute Gasteiger partial charge is 0.227 e. The third-order valence-electron chi connectivity index (χ3n) is 7.31. The monoisotopic (exact) mass is 420 g/mol. The molecule has 9 heteroatoms. The Morgan fingerprint density at radius 1 is 1.19 bits per heavy atom. The Bertz CT molecular complexity index is 1100. The molecule has 9 nitrogen and oxygen atoms in total. The normalized spacial score (nSPS) is 25.3. The maximum atomic E-state index is 13.1. The van der Waals surface area contributed by atoms with E-state index in [1.165, 1.54) is 0 Å². The number of H-pyrrole nitrogens is 1. The second-order valence-corrected chi connectivity index (χ2v) is 9.33. The van der Waals surface area contributed by atoms with Crippen LogP contribution in [0.25, 0.3) is 11.2 Å². The van der Waals surface area contributed by atoms with Gasteiger partial charge in [0.2, 0.25) is 11.9 Å². The molecule has 5 heterocycles. The third-order valence-corrected chi connectivity index (χ3v) is 7.31. The molecule has 1 amide bonds. The van der Waals surface area contributed by atoms with E-state index in [9.17, 15) is 4.79 Å². The van der Waals surface area contributed by atoms with Gasteiger partial charge in [-0.05, 0) is 44.1 Å². The molecule has 2 saturated heterocycles. The summed E-state index contributed by atoms with van der Waals surface area (Å²) in [6, 6.07) is 1.94. The van der Waals surface area contributed by atoms with Gasteiger partial charge >= 0.3 is 0 Å². The number of carbonyl (C=O) groups excluding carboxylic acids is 1. The highest BCUT2D eigenvalue weighted by atomic mass is 16.2. The number of anilines is 1. The van der Waals surface area contributed by atoms with E-state index in [1.54, 1.807) is 6.20 Å². The van der Waals surface area contributed by atoms with Crippen LogP contribution in [0.3, 0.4) is 0 Å². The highest BCUT2D eigenvalue weighted by molar-refractivity contribution is 5.80. The van der Waals surface area contributed by atoms with Crippen LogP contribution in [0, 0.1) is 11.8 Å². The minimum absolute atomic E-state index is 0.00967. The van der Waals surface area contributed by atoms with Crippen molar-refractivity contribution in [3.63, 3.8) is 0 Å². The number of hydrogen-bond donors (Lipinski definition) is 1. The minimum atomic E-state index is -0.182. The molecule has 162 valence electrons. The molecule has 3 fully saturated rings. The average Bonchev–Trinajstić information content (AvgIpc) is 3.23. The van der Waals surface area contributed by atoms with Crippen molar-refractivity contribution < 1.29 is 4.79 Å². The summed E-state index contributed by atoms with van der Waals surface area (Å²) in [6.45, 7) is 5.54. The van der Waals surface area contributed by atoms with Gasteiger partial charge in [0.25, 0.3) is 0 Å². The van der Waals surface area contributed by atoms with Gasteiger partial charge in [-0.2, -0.15) is 10.1 Å². The van der Waals surface area contributed by atoms with E-state index in [0.29, 0.717) is 30.0 Å². The number of piperidine rings is 1. The Kier molecular flexibility index (Phi) is 4.26. The fourth-order valence-corrected chi connectivity index (χ4v) is 5.13. The van der Waals surface area contributed by atoms with Crippen LogP contribution in [0.5, 0.6) is 0 Å². The molecule has 2 unspecified atom stereocenters. The van der Waals surface area contributed by atoms with Crippen LogP contribution in [0.15, 0.2) is 24.7 Å². The van der Waals surface area contributed by atoms with Crippen molar-refractivity contribution in [1.82, 2.24) is 34.6 Å². The Morgan fingerprint density at radius 3 is 2.77 bits per heavy atom. The Balaban J connectivity index is 1.26. The zero-order chi connectivity index (χ0) is 21.0. The molecule has 1 saturated carbocycles. The first-order chi connectivity index (χ1) is 15.1. The number of nitrogens with zero attached hydrogens (tertiary/aromatic N) is 7. The van der Waals surface area contributed by atoms with Crippen molar-refractivity contribution in [1.29, 1.82) is 0 Å². The van der Waals surface area contributed by atoms with Crippen LogP contribution in [-0.4, -0.2) is 66.7 Å². The summed E-state index contributed by atoms with van der Waals surface area (Å²) in [5, 5.41) is 4.43. The van der Waals surface area contributed by atoms with Crippen LogP contribution in [0.2, 0.25) is 0 Å². The van der Waals surface area contributed by atoms with Gasteiger partial charge in [-0.15, -0.1) is 0 Å². The lowest BCUT2D eigenvalue weighted by atomic mass is 9.86. The van der Waals surface area contributed by atoms with Crippen LogP contribution in [0.1, 0.15) is 44.9 Å². The molecule has 3 aliphatic rings. The first-order valence-corrected chi connectivity index (χ1v) is 11.4. The van der Waals surface area contributed by atoms with Crippen LogP contribution < -0.4 is 4.90 Å². The van der Waals surface area contributed by atoms with Gasteiger partial charge < -0.3 is 14.8 Å². The minimum Gasteiger partial charge on any atom is -0.342 e.